The van der Waals surface area contributed by atoms with Crippen molar-refractivity contribution in [2.24, 2.45) is 0 Å². The van der Waals surface area contributed by atoms with Crippen LogP contribution in [0.5, 0.6) is 5.75 Å². The van der Waals surface area contributed by atoms with Crippen molar-refractivity contribution in [3.63, 3.8) is 0 Å². The predicted molar refractivity (Wildman–Crippen MR) is 89.9 cm³/mol. The van der Waals surface area contributed by atoms with Gasteiger partial charge in [0.1, 0.15) is 23.8 Å². The van der Waals surface area contributed by atoms with Gasteiger partial charge in [0.05, 0.1) is 0 Å². The van der Waals surface area contributed by atoms with E-state index in [1.165, 1.54) is 6.07 Å². The Hall–Kier alpha value is -2.62. The highest BCUT2D eigenvalue weighted by molar-refractivity contribution is 5.82. The van der Waals surface area contributed by atoms with Gasteiger partial charge < -0.3 is 9.15 Å². The van der Waals surface area contributed by atoms with E-state index < -0.39 is 0 Å². The van der Waals surface area contributed by atoms with E-state index in [1.54, 1.807) is 24.3 Å². The Balaban J connectivity index is 1.66. The molecule has 0 amide bonds. The molecule has 1 heterocycles. The monoisotopic (exact) mass is 324 g/mol. The van der Waals surface area contributed by atoms with Gasteiger partial charge in [0.25, 0.3) is 0 Å². The topological polar surface area (TPSA) is 39.4 Å². The molecule has 1 aliphatic carbocycles. The van der Waals surface area contributed by atoms with Crippen molar-refractivity contribution in [2.45, 2.75) is 32.3 Å². The highest BCUT2D eigenvalue weighted by Crippen LogP contribution is 2.29. The summed E-state index contributed by atoms with van der Waals surface area (Å²) in [6, 6.07) is 12.0. The molecule has 1 aliphatic rings. The first-order valence-electron chi connectivity index (χ1n) is 8.17. The lowest BCUT2D eigenvalue weighted by molar-refractivity contribution is 0.299. The molecule has 0 radical (unpaired) electrons. The van der Waals surface area contributed by atoms with Gasteiger partial charge in [-0.05, 0) is 49.4 Å². The molecular weight excluding hydrogens is 307 g/mol. The average Bonchev–Trinajstić information content (AvgIpc) is 2.61. The minimum atomic E-state index is -0.293. The summed E-state index contributed by atoms with van der Waals surface area (Å²) in [5.41, 5.74) is 2.70. The zero-order valence-electron chi connectivity index (χ0n) is 13.2. The third-order valence-electron chi connectivity index (χ3n) is 4.55. The summed E-state index contributed by atoms with van der Waals surface area (Å²) in [5, 5.41) is 0.975. The van der Waals surface area contributed by atoms with E-state index in [0.29, 0.717) is 16.9 Å². The number of rotatable bonds is 3. The molecule has 0 spiro atoms. The van der Waals surface area contributed by atoms with Gasteiger partial charge >= 0.3 is 5.63 Å². The highest BCUT2D eigenvalue weighted by atomic mass is 19.1. The first-order valence-corrected chi connectivity index (χ1v) is 8.17. The Bertz CT molecular complexity index is 959. The molecule has 0 aliphatic heterocycles. The number of aryl methyl sites for hydroxylation is 1. The van der Waals surface area contributed by atoms with E-state index in [-0.39, 0.29) is 18.0 Å². The van der Waals surface area contributed by atoms with Crippen molar-refractivity contribution in [2.75, 3.05) is 0 Å². The van der Waals surface area contributed by atoms with Gasteiger partial charge in [-0.25, -0.2) is 9.18 Å². The summed E-state index contributed by atoms with van der Waals surface area (Å²) in [7, 11) is 0. The van der Waals surface area contributed by atoms with Gasteiger partial charge in [-0.2, -0.15) is 0 Å². The van der Waals surface area contributed by atoms with Crippen molar-refractivity contribution < 1.29 is 13.5 Å². The summed E-state index contributed by atoms with van der Waals surface area (Å²) < 4.78 is 24.8. The van der Waals surface area contributed by atoms with Crippen LogP contribution in [0, 0.1) is 5.82 Å². The van der Waals surface area contributed by atoms with Crippen molar-refractivity contribution in [1.82, 2.24) is 0 Å². The average molecular weight is 324 g/mol. The predicted octanol–water partition coefficient (Wildman–Crippen LogP) is 4.39. The number of benzene rings is 2. The van der Waals surface area contributed by atoms with Gasteiger partial charge in [-0.1, -0.05) is 18.2 Å². The van der Waals surface area contributed by atoms with Crippen LogP contribution in [-0.2, 0) is 19.4 Å². The van der Waals surface area contributed by atoms with E-state index in [1.807, 2.05) is 12.1 Å². The molecule has 3 aromatic rings. The minimum absolute atomic E-state index is 0.132. The van der Waals surface area contributed by atoms with Crippen LogP contribution in [0.3, 0.4) is 0 Å². The molecule has 0 saturated carbocycles. The van der Waals surface area contributed by atoms with E-state index in [2.05, 4.69) is 0 Å². The molecule has 122 valence electrons. The quantitative estimate of drug-likeness (QED) is 0.671. The molecule has 2 aromatic carbocycles. The number of hydrogen-bond donors (Lipinski definition) is 0. The van der Waals surface area contributed by atoms with Gasteiger partial charge in [-0.15, -0.1) is 0 Å². The Morgan fingerprint density at radius 2 is 1.83 bits per heavy atom. The maximum atomic E-state index is 13.6. The fourth-order valence-corrected chi connectivity index (χ4v) is 3.29. The lowest BCUT2D eigenvalue weighted by atomic mass is 9.91. The Labute approximate surface area is 138 Å². The molecule has 1 aromatic heterocycles. The van der Waals surface area contributed by atoms with Crippen LogP contribution in [0.1, 0.15) is 29.5 Å². The molecule has 3 nitrogen and oxygen atoms in total. The van der Waals surface area contributed by atoms with E-state index in [0.717, 1.165) is 42.2 Å². The van der Waals surface area contributed by atoms with E-state index in [9.17, 15) is 9.18 Å². The Morgan fingerprint density at radius 3 is 2.67 bits per heavy atom. The molecule has 0 atom stereocenters. The molecule has 0 unspecified atom stereocenters. The summed E-state index contributed by atoms with van der Waals surface area (Å²) in [6.45, 7) is 0.132. The minimum Gasteiger partial charge on any atom is -0.489 e. The zero-order valence-corrected chi connectivity index (χ0v) is 13.2. The van der Waals surface area contributed by atoms with Gasteiger partial charge in [0.2, 0.25) is 0 Å². The van der Waals surface area contributed by atoms with Crippen LogP contribution in [0.15, 0.2) is 51.7 Å². The van der Waals surface area contributed by atoms with Crippen molar-refractivity contribution in [1.29, 1.82) is 0 Å². The third kappa shape index (κ3) is 2.68. The maximum Gasteiger partial charge on any atom is 0.339 e. The second-order valence-electron chi connectivity index (χ2n) is 6.09. The van der Waals surface area contributed by atoms with Crippen molar-refractivity contribution in [3.05, 3.63) is 75.4 Å². The second-order valence-corrected chi connectivity index (χ2v) is 6.09. The molecule has 24 heavy (non-hydrogen) atoms. The van der Waals surface area contributed by atoms with Crippen molar-refractivity contribution in [3.8, 4) is 5.75 Å². The fourth-order valence-electron chi connectivity index (χ4n) is 3.29. The number of halogens is 1. The summed E-state index contributed by atoms with van der Waals surface area (Å²) in [6.07, 6.45) is 3.83. The first kappa shape index (κ1) is 14.9. The van der Waals surface area contributed by atoms with Crippen LogP contribution < -0.4 is 10.4 Å². The second kappa shape index (κ2) is 6.11. The van der Waals surface area contributed by atoms with Crippen LogP contribution in [0.4, 0.5) is 4.39 Å². The number of ether oxygens (including phenoxy) is 1. The fraction of sp³-hybridized carbons (Fsp3) is 0.250. The molecular formula is C20H17FO3. The van der Waals surface area contributed by atoms with Crippen LogP contribution in [0.25, 0.3) is 11.0 Å². The van der Waals surface area contributed by atoms with Crippen molar-refractivity contribution >= 4 is 11.0 Å². The number of fused-ring (bicyclic) bond motifs is 3. The standard InChI is InChI=1S/C20H17FO3/c21-18-8-4-1-5-13(18)12-23-14-9-10-16-15-6-2-3-7-17(15)20(22)24-19(16)11-14/h1,4-5,8-11H,2-3,6-7,12H2. The zero-order chi connectivity index (χ0) is 16.5. The third-order valence-corrected chi connectivity index (χ3v) is 4.55. The lowest BCUT2D eigenvalue weighted by Crippen LogP contribution is -2.15. The van der Waals surface area contributed by atoms with Crippen LogP contribution in [0.2, 0.25) is 0 Å². The largest absolute Gasteiger partial charge is 0.489 e. The van der Waals surface area contributed by atoms with Gasteiger partial charge in [-0.3, -0.25) is 0 Å². The lowest BCUT2D eigenvalue weighted by Gasteiger charge is -2.16. The summed E-state index contributed by atoms with van der Waals surface area (Å²) in [4.78, 5) is 12.2. The first-order chi connectivity index (χ1) is 11.7. The van der Waals surface area contributed by atoms with Gasteiger partial charge in [0, 0.05) is 22.6 Å². The van der Waals surface area contributed by atoms with E-state index >= 15 is 0 Å². The summed E-state index contributed by atoms with van der Waals surface area (Å²) in [5.74, 6) is 0.267. The summed E-state index contributed by atoms with van der Waals surface area (Å²) >= 11 is 0. The highest BCUT2D eigenvalue weighted by Gasteiger charge is 2.18. The van der Waals surface area contributed by atoms with Crippen LogP contribution >= 0.6 is 0 Å². The molecule has 0 fully saturated rings. The van der Waals surface area contributed by atoms with E-state index in [4.69, 9.17) is 9.15 Å². The molecule has 4 heteroatoms. The molecule has 0 N–H and O–H groups in total. The normalized spacial score (nSPS) is 13.7. The van der Waals surface area contributed by atoms with Gasteiger partial charge in [0.15, 0.2) is 0 Å². The Kier molecular flexibility index (Phi) is 3.81. The smallest absolute Gasteiger partial charge is 0.339 e. The Morgan fingerprint density at radius 1 is 1.04 bits per heavy atom. The SMILES string of the molecule is O=c1oc2cc(OCc3ccccc3F)ccc2c2c1CCCC2. The van der Waals surface area contributed by atoms with Crippen LogP contribution in [-0.4, -0.2) is 0 Å². The number of hydrogen-bond acceptors (Lipinski definition) is 3. The molecule has 0 saturated heterocycles. The molecule has 4 rings (SSSR count). The molecule has 0 bridgehead atoms. The maximum absolute atomic E-state index is 13.6.